The summed E-state index contributed by atoms with van der Waals surface area (Å²) in [5, 5.41) is 8.52. The third kappa shape index (κ3) is 6.58. The van der Waals surface area contributed by atoms with Crippen molar-refractivity contribution in [2.45, 2.75) is 24.1 Å². The lowest BCUT2D eigenvalue weighted by molar-refractivity contribution is -0.322. The number of rotatable bonds is 7. The van der Waals surface area contributed by atoms with E-state index in [-0.39, 0.29) is 17.7 Å². The molecule has 0 saturated carbocycles. The van der Waals surface area contributed by atoms with Crippen molar-refractivity contribution < 1.29 is 36.2 Å². The molecule has 0 spiro atoms. The Morgan fingerprint density at radius 2 is 1.76 bits per heavy atom. The molecule has 0 aromatic heterocycles. The Morgan fingerprint density at radius 3 is 2.24 bits per heavy atom. The highest BCUT2D eigenvalue weighted by Gasteiger charge is 2.29. The summed E-state index contributed by atoms with van der Waals surface area (Å²) in [5.41, 5.74) is 0.628. The lowest BCUT2D eigenvalue weighted by atomic mass is 10.1. The second-order valence-corrected chi connectivity index (χ2v) is 6.26. The number of hydrogen-bond acceptors (Lipinski definition) is 4. The fourth-order valence-corrected chi connectivity index (χ4v) is 2.59. The summed E-state index contributed by atoms with van der Waals surface area (Å²) >= 11 is 0. The van der Waals surface area contributed by atoms with E-state index in [2.05, 4.69) is 4.74 Å². The number of carboxylic acid groups (broad SMARTS) is 1. The van der Waals surface area contributed by atoms with Gasteiger partial charge in [-0.2, -0.15) is 0 Å². The minimum atomic E-state index is -4.86. The molecule has 0 atom stereocenters. The average molecular weight is 326 g/mol. The Bertz CT molecular complexity index is 578. The number of alkyl halides is 3. The molecular formula is C12H13F3O5S. The van der Waals surface area contributed by atoms with Gasteiger partial charge in [0.25, 0.3) is 0 Å². The van der Waals surface area contributed by atoms with Crippen LogP contribution in [0.2, 0.25) is 0 Å². The molecule has 1 aromatic rings. The molecule has 0 saturated heterocycles. The number of ether oxygens (including phenoxy) is 1. The van der Waals surface area contributed by atoms with Crippen LogP contribution in [0.5, 0.6) is 0 Å². The number of aliphatic carboxylic acids is 1. The van der Waals surface area contributed by atoms with Gasteiger partial charge in [-0.05, 0) is 24.1 Å². The van der Waals surface area contributed by atoms with Crippen LogP contribution in [0.1, 0.15) is 12.0 Å². The molecule has 118 valence electrons. The van der Waals surface area contributed by atoms with Gasteiger partial charge in [-0.1, -0.05) is 12.1 Å². The summed E-state index contributed by atoms with van der Waals surface area (Å²) in [6, 6.07) is 5.33. The molecule has 0 radical (unpaired) electrons. The Labute approximate surface area is 119 Å². The third-order valence-corrected chi connectivity index (χ3v) is 4.22. The first-order valence-electron chi connectivity index (χ1n) is 5.84. The first-order chi connectivity index (χ1) is 9.60. The van der Waals surface area contributed by atoms with E-state index in [1.54, 1.807) is 0 Å². The van der Waals surface area contributed by atoms with Crippen LogP contribution in [0.4, 0.5) is 13.2 Å². The zero-order chi connectivity index (χ0) is 16.1. The highest BCUT2D eigenvalue weighted by atomic mass is 32.2. The van der Waals surface area contributed by atoms with Gasteiger partial charge in [-0.15, -0.1) is 13.2 Å². The Morgan fingerprint density at radius 1 is 1.19 bits per heavy atom. The number of sulfone groups is 1. The molecule has 21 heavy (non-hydrogen) atoms. The van der Waals surface area contributed by atoms with E-state index >= 15 is 0 Å². The monoisotopic (exact) mass is 326 g/mol. The number of halogens is 3. The smallest absolute Gasteiger partial charge is 0.481 e. The van der Waals surface area contributed by atoms with Gasteiger partial charge in [0, 0.05) is 6.42 Å². The van der Waals surface area contributed by atoms with Crippen LogP contribution in [0.3, 0.4) is 0 Å². The van der Waals surface area contributed by atoms with E-state index in [0.29, 0.717) is 5.56 Å². The topological polar surface area (TPSA) is 80.7 Å². The highest BCUT2D eigenvalue weighted by molar-refractivity contribution is 7.91. The maximum Gasteiger partial charge on any atom is 0.522 e. The molecule has 0 heterocycles. The maximum absolute atomic E-state index is 11.8. The Kier molecular flexibility index (Phi) is 5.73. The van der Waals surface area contributed by atoms with Crippen LogP contribution < -0.4 is 0 Å². The SMILES string of the molecule is O=C(O)CCc1ccc(S(=O)(=O)CCOC(F)(F)F)cc1. The van der Waals surface area contributed by atoms with Crippen molar-refractivity contribution in [1.29, 1.82) is 0 Å². The number of hydrogen-bond donors (Lipinski definition) is 1. The largest absolute Gasteiger partial charge is 0.522 e. The van der Waals surface area contributed by atoms with Crippen LogP contribution >= 0.6 is 0 Å². The summed E-state index contributed by atoms with van der Waals surface area (Å²) in [7, 11) is -3.87. The first-order valence-corrected chi connectivity index (χ1v) is 7.49. The predicted octanol–water partition coefficient (Wildman–Crippen LogP) is 2.01. The Hall–Kier alpha value is -1.61. The first kappa shape index (κ1) is 17.4. The van der Waals surface area contributed by atoms with Crippen LogP contribution in [0.25, 0.3) is 0 Å². The van der Waals surface area contributed by atoms with E-state index in [4.69, 9.17) is 5.11 Å². The zero-order valence-electron chi connectivity index (χ0n) is 10.8. The summed E-state index contributed by atoms with van der Waals surface area (Å²) < 4.78 is 62.3. The minimum absolute atomic E-state index is 0.0917. The van der Waals surface area contributed by atoms with E-state index in [9.17, 15) is 26.4 Å². The van der Waals surface area contributed by atoms with Crippen molar-refractivity contribution in [2.75, 3.05) is 12.4 Å². The van der Waals surface area contributed by atoms with Gasteiger partial charge in [-0.3, -0.25) is 9.53 Å². The van der Waals surface area contributed by atoms with Gasteiger partial charge >= 0.3 is 12.3 Å². The molecular weight excluding hydrogens is 313 g/mol. The molecule has 0 fully saturated rings. The van der Waals surface area contributed by atoms with Gasteiger partial charge in [-0.25, -0.2) is 8.42 Å². The molecule has 0 aliphatic heterocycles. The van der Waals surface area contributed by atoms with E-state index in [1.807, 2.05) is 0 Å². The normalized spacial score (nSPS) is 12.3. The second kappa shape index (κ2) is 6.90. The molecule has 0 amide bonds. The van der Waals surface area contributed by atoms with Gasteiger partial charge in [0.05, 0.1) is 17.3 Å². The summed E-state index contributed by atoms with van der Waals surface area (Å²) in [4.78, 5) is 10.3. The standard InChI is InChI=1S/C12H13F3O5S/c13-12(14,15)20-7-8-21(18,19)10-4-1-9(2-5-10)3-6-11(16)17/h1-2,4-5H,3,6-8H2,(H,16,17). The summed E-state index contributed by atoms with van der Waals surface area (Å²) in [5.74, 6) is -1.77. The molecule has 0 bridgehead atoms. The van der Waals surface area contributed by atoms with Crippen molar-refractivity contribution in [2.24, 2.45) is 0 Å². The quantitative estimate of drug-likeness (QED) is 0.829. The molecule has 1 N–H and O–H groups in total. The minimum Gasteiger partial charge on any atom is -0.481 e. The molecule has 5 nitrogen and oxygen atoms in total. The molecule has 1 rings (SSSR count). The van der Waals surface area contributed by atoms with Crippen molar-refractivity contribution >= 4 is 15.8 Å². The number of aryl methyl sites for hydroxylation is 1. The van der Waals surface area contributed by atoms with Crippen LogP contribution in [-0.2, 0) is 25.8 Å². The fourth-order valence-electron chi connectivity index (χ4n) is 1.50. The molecule has 0 unspecified atom stereocenters. The molecule has 0 aliphatic rings. The van der Waals surface area contributed by atoms with Gasteiger partial charge in [0.15, 0.2) is 9.84 Å². The third-order valence-electron chi connectivity index (χ3n) is 2.53. The lowest BCUT2D eigenvalue weighted by Crippen LogP contribution is -2.20. The summed E-state index contributed by atoms with van der Waals surface area (Å²) in [6.45, 7) is -0.980. The highest BCUT2D eigenvalue weighted by Crippen LogP contribution is 2.18. The summed E-state index contributed by atoms with van der Waals surface area (Å²) in [6.07, 6.45) is -4.71. The van der Waals surface area contributed by atoms with Crippen LogP contribution in [0.15, 0.2) is 29.2 Å². The molecule has 0 aliphatic carbocycles. The molecule has 9 heteroatoms. The van der Waals surface area contributed by atoms with Gasteiger partial charge in [0.1, 0.15) is 0 Å². The van der Waals surface area contributed by atoms with Gasteiger partial charge < -0.3 is 5.11 Å². The van der Waals surface area contributed by atoms with E-state index in [0.717, 1.165) is 0 Å². The van der Waals surface area contributed by atoms with Crippen molar-refractivity contribution in [3.05, 3.63) is 29.8 Å². The zero-order valence-corrected chi connectivity index (χ0v) is 11.6. The van der Waals surface area contributed by atoms with Crippen LogP contribution in [-0.4, -0.2) is 38.2 Å². The van der Waals surface area contributed by atoms with Gasteiger partial charge in [0.2, 0.25) is 0 Å². The number of carboxylic acids is 1. The van der Waals surface area contributed by atoms with Crippen molar-refractivity contribution in [1.82, 2.24) is 0 Å². The average Bonchev–Trinajstić information content (AvgIpc) is 2.35. The fraction of sp³-hybridized carbons (Fsp3) is 0.417. The number of benzene rings is 1. The van der Waals surface area contributed by atoms with Crippen molar-refractivity contribution in [3.8, 4) is 0 Å². The predicted molar refractivity (Wildman–Crippen MR) is 66.5 cm³/mol. The molecule has 1 aromatic carbocycles. The lowest BCUT2D eigenvalue weighted by Gasteiger charge is -2.08. The Balaban J connectivity index is 2.65. The van der Waals surface area contributed by atoms with E-state index < -0.39 is 34.5 Å². The maximum atomic E-state index is 11.8. The van der Waals surface area contributed by atoms with Crippen molar-refractivity contribution in [3.63, 3.8) is 0 Å². The van der Waals surface area contributed by atoms with E-state index in [1.165, 1.54) is 24.3 Å². The van der Waals surface area contributed by atoms with Crippen LogP contribution in [0, 0.1) is 0 Å². The number of carbonyl (C=O) groups is 1. The second-order valence-electron chi connectivity index (χ2n) is 4.15.